The molecule has 0 aromatic heterocycles. The van der Waals surface area contributed by atoms with E-state index in [1.165, 1.54) is 6.07 Å². The monoisotopic (exact) mass is 284 g/mol. The van der Waals surface area contributed by atoms with Crippen molar-refractivity contribution >= 4 is 15.7 Å². The van der Waals surface area contributed by atoms with Gasteiger partial charge in [0.25, 0.3) is 0 Å². The highest BCUT2D eigenvalue weighted by Crippen LogP contribution is 2.21. The Morgan fingerprint density at radius 3 is 2.74 bits per heavy atom. The Hall–Kier alpha value is -1.11. The standard InChI is InChI=1S/C13H20N2O3S/c1-9-5-12(6-13(14)10(9)2)19(16,17)15-7-11-3-4-18-8-11/h5-6,11,15H,3-4,7-8,14H2,1-2H3. The second-order valence-corrected chi connectivity index (χ2v) is 6.80. The summed E-state index contributed by atoms with van der Waals surface area (Å²) in [5.74, 6) is 0.263. The number of nitrogens with two attached hydrogens (primary N) is 1. The Morgan fingerprint density at radius 1 is 1.42 bits per heavy atom. The van der Waals surface area contributed by atoms with E-state index in [0.717, 1.165) is 17.5 Å². The molecule has 106 valence electrons. The maximum absolute atomic E-state index is 12.2. The summed E-state index contributed by atoms with van der Waals surface area (Å²) in [6.07, 6.45) is 0.900. The van der Waals surface area contributed by atoms with Crippen LogP contribution in [-0.2, 0) is 14.8 Å². The Morgan fingerprint density at radius 2 is 2.16 bits per heavy atom. The van der Waals surface area contributed by atoms with Gasteiger partial charge in [-0.05, 0) is 49.4 Å². The molecule has 1 aliphatic rings. The van der Waals surface area contributed by atoms with Crippen LogP contribution >= 0.6 is 0 Å². The smallest absolute Gasteiger partial charge is 0.240 e. The first-order valence-electron chi connectivity index (χ1n) is 6.34. The van der Waals surface area contributed by atoms with Crippen molar-refractivity contribution in [2.45, 2.75) is 25.2 Å². The molecule has 1 aliphatic heterocycles. The molecule has 3 N–H and O–H groups in total. The normalized spacial score (nSPS) is 19.8. The fourth-order valence-corrected chi connectivity index (χ4v) is 3.30. The molecule has 1 saturated heterocycles. The van der Waals surface area contributed by atoms with Crippen LogP contribution in [0, 0.1) is 19.8 Å². The van der Waals surface area contributed by atoms with Crippen LogP contribution in [0.4, 0.5) is 5.69 Å². The molecule has 6 heteroatoms. The van der Waals surface area contributed by atoms with Gasteiger partial charge in [0.15, 0.2) is 0 Å². The number of aryl methyl sites for hydroxylation is 1. The second kappa shape index (κ2) is 5.48. The lowest BCUT2D eigenvalue weighted by molar-refractivity contribution is 0.186. The maximum atomic E-state index is 12.2. The van der Waals surface area contributed by atoms with Gasteiger partial charge in [0.05, 0.1) is 11.5 Å². The van der Waals surface area contributed by atoms with Crippen molar-refractivity contribution in [2.75, 3.05) is 25.5 Å². The number of anilines is 1. The van der Waals surface area contributed by atoms with Gasteiger partial charge in [-0.2, -0.15) is 0 Å². The predicted molar refractivity (Wildman–Crippen MR) is 74.4 cm³/mol. The Balaban J connectivity index is 2.14. The van der Waals surface area contributed by atoms with Crippen molar-refractivity contribution in [1.82, 2.24) is 4.72 Å². The number of benzene rings is 1. The number of rotatable bonds is 4. The number of hydrogen-bond acceptors (Lipinski definition) is 4. The molecule has 0 spiro atoms. The van der Waals surface area contributed by atoms with Crippen LogP contribution in [0.5, 0.6) is 0 Å². The van der Waals surface area contributed by atoms with Crippen LogP contribution < -0.4 is 10.5 Å². The average Bonchev–Trinajstić information content (AvgIpc) is 2.86. The van der Waals surface area contributed by atoms with E-state index in [1.54, 1.807) is 6.07 Å². The van der Waals surface area contributed by atoms with Crippen LogP contribution in [0.15, 0.2) is 17.0 Å². The zero-order valence-corrected chi connectivity index (χ0v) is 12.1. The summed E-state index contributed by atoms with van der Waals surface area (Å²) in [7, 11) is -3.50. The summed E-state index contributed by atoms with van der Waals surface area (Å²) >= 11 is 0. The number of ether oxygens (including phenoxy) is 1. The van der Waals surface area contributed by atoms with E-state index in [4.69, 9.17) is 10.5 Å². The zero-order chi connectivity index (χ0) is 14.0. The van der Waals surface area contributed by atoms with E-state index >= 15 is 0 Å². The third-order valence-corrected chi connectivity index (χ3v) is 4.98. The summed E-state index contributed by atoms with van der Waals surface area (Å²) < 4.78 is 32.2. The molecule has 1 unspecified atom stereocenters. The Labute approximate surface area is 114 Å². The van der Waals surface area contributed by atoms with Gasteiger partial charge in [-0.25, -0.2) is 13.1 Å². The molecular formula is C13H20N2O3S. The van der Waals surface area contributed by atoms with Gasteiger partial charge in [0.1, 0.15) is 0 Å². The molecule has 1 heterocycles. The van der Waals surface area contributed by atoms with Gasteiger partial charge < -0.3 is 10.5 Å². The summed E-state index contributed by atoms with van der Waals surface area (Å²) in [6.45, 7) is 5.48. The minimum Gasteiger partial charge on any atom is -0.398 e. The van der Waals surface area contributed by atoms with Gasteiger partial charge in [-0.1, -0.05) is 0 Å². The molecule has 0 amide bonds. The molecule has 1 aromatic carbocycles. The van der Waals surface area contributed by atoms with Crippen LogP contribution in [0.3, 0.4) is 0 Å². The highest BCUT2D eigenvalue weighted by atomic mass is 32.2. The van der Waals surface area contributed by atoms with Crippen molar-refractivity contribution < 1.29 is 13.2 Å². The summed E-state index contributed by atoms with van der Waals surface area (Å²) in [5.41, 5.74) is 8.13. The van der Waals surface area contributed by atoms with E-state index < -0.39 is 10.0 Å². The lowest BCUT2D eigenvalue weighted by Crippen LogP contribution is -2.29. The first kappa shape index (κ1) is 14.3. The summed E-state index contributed by atoms with van der Waals surface area (Å²) in [4.78, 5) is 0.229. The molecule has 2 rings (SSSR count). The van der Waals surface area contributed by atoms with E-state index in [-0.39, 0.29) is 10.8 Å². The van der Waals surface area contributed by atoms with Crippen LogP contribution in [0.1, 0.15) is 17.5 Å². The zero-order valence-electron chi connectivity index (χ0n) is 11.3. The summed E-state index contributed by atoms with van der Waals surface area (Å²) in [6, 6.07) is 3.16. The molecule has 1 aromatic rings. The van der Waals surface area contributed by atoms with Crippen molar-refractivity contribution in [3.05, 3.63) is 23.3 Å². The van der Waals surface area contributed by atoms with Crippen molar-refractivity contribution in [1.29, 1.82) is 0 Å². The highest BCUT2D eigenvalue weighted by Gasteiger charge is 2.21. The van der Waals surface area contributed by atoms with Gasteiger partial charge in [0.2, 0.25) is 10.0 Å². The maximum Gasteiger partial charge on any atom is 0.240 e. The molecule has 0 radical (unpaired) electrons. The first-order valence-corrected chi connectivity index (χ1v) is 7.82. The lowest BCUT2D eigenvalue weighted by atomic mass is 10.1. The van der Waals surface area contributed by atoms with E-state index in [0.29, 0.717) is 25.4 Å². The summed E-state index contributed by atoms with van der Waals surface area (Å²) in [5, 5.41) is 0. The van der Waals surface area contributed by atoms with Crippen LogP contribution in [0.25, 0.3) is 0 Å². The second-order valence-electron chi connectivity index (χ2n) is 5.04. The fraction of sp³-hybridized carbons (Fsp3) is 0.538. The first-order chi connectivity index (χ1) is 8.90. The number of hydrogen-bond donors (Lipinski definition) is 2. The van der Waals surface area contributed by atoms with Gasteiger partial charge in [-0.15, -0.1) is 0 Å². The van der Waals surface area contributed by atoms with E-state index in [2.05, 4.69) is 4.72 Å². The van der Waals surface area contributed by atoms with Crippen molar-refractivity contribution in [3.8, 4) is 0 Å². The molecule has 1 fully saturated rings. The Kier molecular flexibility index (Phi) is 4.13. The highest BCUT2D eigenvalue weighted by molar-refractivity contribution is 7.89. The van der Waals surface area contributed by atoms with E-state index in [9.17, 15) is 8.42 Å². The Bertz CT molecular complexity index is 540. The fourth-order valence-electron chi connectivity index (χ4n) is 2.06. The quantitative estimate of drug-likeness (QED) is 0.814. The molecule has 0 saturated carbocycles. The van der Waals surface area contributed by atoms with Gasteiger partial charge >= 0.3 is 0 Å². The molecule has 0 aliphatic carbocycles. The molecule has 19 heavy (non-hydrogen) atoms. The third kappa shape index (κ3) is 3.26. The molecule has 0 bridgehead atoms. The number of nitrogens with one attached hydrogen (secondary N) is 1. The topological polar surface area (TPSA) is 81.4 Å². The van der Waals surface area contributed by atoms with Gasteiger partial charge in [0, 0.05) is 18.8 Å². The predicted octanol–water partition coefficient (Wildman–Crippen LogP) is 1.20. The van der Waals surface area contributed by atoms with Crippen molar-refractivity contribution in [2.24, 2.45) is 5.92 Å². The molecule has 5 nitrogen and oxygen atoms in total. The molecular weight excluding hydrogens is 264 g/mol. The minimum atomic E-state index is -3.50. The largest absolute Gasteiger partial charge is 0.398 e. The lowest BCUT2D eigenvalue weighted by Gasteiger charge is -2.12. The minimum absolute atomic E-state index is 0.229. The van der Waals surface area contributed by atoms with Gasteiger partial charge in [-0.3, -0.25) is 0 Å². The van der Waals surface area contributed by atoms with E-state index in [1.807, 2.05) is 13.8 Å². The van der Waals surface area contributed by atoms with Crippen molar-refractivity contribution in [3.63, 3.8) is 0 Å². The average molecular weight is 284 g/mol. The van der Waals surface area contributed by atoms with Crippen LogP contribution in [-0.4, -0.2) is 28.2 Å². The number of sulfonamides is 1. The number of nitrogen functional groups attached to an aromatic ring is 1. The molecule has 1 atom stereocenters. The SMILES string of the molecule is Cc1cc(S(=O)(=O)NCC2CCOC2)cc(N)c1C. The van der Waals surface area contributed by atoms with Crippen LogP contribution in [0.2, 0.25) is 0 Å². The third-order valence-electron chi connectivity index (χ3n) is 3.58.